The molecule has 0 unspecified atom stereocenters. The summed E-state index contributed by atoms with van der Waals surface area (Å²) in [5.74, 6) is 0.785. The monoisotopic (exact) mass is 176 g/mol. The predicted molar refractivity (Wildman–Crippen MR) is 53.5 cm³/mol. The van der Waals surface area contributed by atoms with Crippen LogP contribution in [-0.4, -0.2) is 11.5 Å². The molecule has 0 radical (unpaired) electrons. The van der Waals surface area contributed by atoms with Crippen LogP contribution in [-0.2, 0) is 0 Å². The first kappa shape index (κ1) is 8.70. The van der Waals surface area contributed by atoms with Gasteiger partial charge >= 0.3 is 0 Å². The van der Waals surface area contributed by atoms with Crippen molar-refractivity contribution >= 4 is 0 Å². The molecular formula is C11H16N2. The Morgan fingerprint density at radius 2 is 2.31 bits per heavy atom. The first-order chi connectivity index (χ1) is 6.25. The summed E-state index contributed by atoms with van der Waals surface area (Å²) in [5, 5.41) is 3.48. The number of nitrogens with zero attached hydrogens (tertiary/aromatic N) is 1. The zero-order valence-corrected chi connectivity index (χ0v) is 8.25. The number of aryl methyl sites for hydroxylation is 1. The molecule has 2 rings (SSSR count). The Morgan fingerprint density at radius 3 is 2.85 bits per heavy atom. The summed E-state index contributed by atoms with van der Waals surface area (Å²) in [5.41, 5.74) is 2.42. The fraction of sp³-hybridized carbons (Fsp3) is 0.545. The lowest BCUT2D eigenvalue weighted by molar-refractivity contribution is 0.599. The Labute approximate surface area is 79.4 Å². The third-order valence-corrected chi connectivity index (χ3v) is 2.64. The van der Waals surface area contributed by atoms with Crippen molar-refractivity contribution in [1.82, 2.24) is 10.3 Å². The van der Waals surface area contributed by atoms with Crippen molar-refractivity contribution in [2.24, 2.45) is 5.92 Å². The molecule has 1 N–H and O–H groups in total. The van der Waals surface area contributed by atoms with E-state index in [1.807, 2.05) is 6.20 Å². The van der Waals surface area contributed by atoms with E-state index >= 15 is 0 Å². The quantitative estimate of drug-likeness (QED) is 0.708. The van der Waals surface area contributed by atoms with Crippen LogP contribution in [0.2, 0.25) is 0 Å². The average Bonchev–Trinajstić information content (AvgIpc) is 2.53. The zero-order chi connectivity index (χ0) is 9.26. The maximum atomic E-state index is 4.43. The van der Waals surface area contributed by atoms with E-state index in [9.17, 15) is 0 Å². The van der Waals surface area contributed by atoms with Gasteiger partial charge in [-0.05, 0) is 37.4 Å². The summed E-state index contributed by atoms with van der Waals surface area (Å²) in [6, 6.07) is 4.74. The van der Waals surface area contributed by atoms with Gasteiger partial charge in [0.2, 0.25) is 0 Å². The Hall–Kier alpha value is -0.890. The van der Waals surface area contributed by atoms with E-state index in [4.69, 9.17) is 0 Å². The summed E-state index contributed by atoms with van der Waals surface area (Å²) in [7, 11) is 0. The minimum absolute atomic E-state index is 0.482. The molecule has 1 aliphatic rings. The van der Waals surface area contributed by atoms with E-state index in [0.717, 1.165) is 12.5 Å². The van der Waals surface area contributed by atoms with Gasteiger partial charge in [-0.15, -0.1) is 0 Å². The molecule has 0 aromatic carbocycles. The molecule has 2 atom stereocenters. The van der Waals surface area contributed by atoms with Crippen LogP contribution in [0.15, 0.2) is 18.3 Å². The number of nitrogens with one attached hydrogen (secondary N) is 1. The molecule has 1 fully saturated rings. The van der Waals surface area contributed by atoms with Gasteiger partial charge in [0, 0.05) is 12.2 Å². The first-order valence-corrected chi connectivity index (χ1v) is 4.91. The lowest BCUT2D eigenvalue weighted by atomic mass is 10.1. The maximum Gasteiger partial charge on any atom is 0.0573 e. The van der Waals surface area contributed by atoms with E-state index in [2.05, 4.69) is 36.3 Å². The van der Waals surface area contributed by atoms with Crippen molar-refractivity contribution in [3.8, 4) is 0 Å². The van der Waals surface area contributed by atoms with Gasteiger partial charge in [0.05, 0.1) is 5.69 Å². The molecule has 70 valence electrons. The maximum absolute atomic E-state index is 4.43. The minimum Gasteiger partial charge on any atom is -0.308 e. The molecular weight excluding hydrogens is 160 g/mol. The van der Waals surface area contributed by atoms with E-state index in [0.29, 0.717) is 6.04 Å². The van der Waals surface area contributed by atoms with Gasteiger partial charge in [0.25, 0.3) is 0 Å². The summed E-state index contributed by atoms with van der Waals surface area (Å²) < 4.78 is 0. The number of hydrogen-bond donors (Lipinski definition) is 1. The smallest absolute Gasteiger partial charge is 0.0573 e. The third kappa shape index (κ3) is 1.89. The molecule has 2 heterocycles. The van der Waals surface area contributed by atoms with Crippen molar-refractivity contribution in [1.29, 1.82) is 0 Å². The number of hydrogen-bond acceptors (Lipinski definition) is 2. The Balaban J connectivity index is 2.13. The second-order valence-electron chi connectivity index (χ2n) is 4.06. The normalized spacial score (nSPS) is 27.8. The summed E-state index contributed by atoms with van der Waals surface area (Å²) in [4.78, 5) is 4.43. The van der Waals surface area contributed by atoms with Gasteiger partial charge in [-0.3, -0.25) is 4.98 Å². The second-order valence-corrected chi connectivity index (χ2v) is 4.06. The van der Waals surface area contributed by atoms with Gasteiger partial charge < -0.3 is 5.32 Å². The molecule has 0 aliphatic carbocycles. The Bertz CT molecular complexity index is 279. The Kier molecular flexibility index (Phi) is 2.32. The largest absolute Gasteiger partial charge is 0.308 e. The van der Waals surface area contributed by atoms with Crippen LogP contribution in [0.1, 0.15) is 30.6 Å². The predicted octanol–water partition coefficient (Wildman–Crippen LogP) is 2.06. The molecule has 2 nitrogen and oxygen atoms in total. The van der Waals surface area contributed by atoms with Crippen molar-refractivity contribution in [2.75, 3.05) is 6.54 Å². The first-order valence-electron chi connectivity index (χ1n) is 4.91. The molecule has 1 aromatic heterocycles. The molecule has 1 aromatic rings. The van der Waals surface area contributed by atoms with Gasteiger partial charge in [-0.2, -0.15) is 0 Å². The second kappa shape index (κ2) is 3.46. The highest BCUT2D eigenvalue weighted by Gasteiger charge is 2.22. The fourth-order valence-corrected chi connectivity index (χ4v) is 1.82. The topological polar surface area (TPSA) is 24.9 Å². The molecule has 2 heteroatoms. The van der Waals surface area contributed by atoms with Crippen LogP contribution in [0.4, 0.5) is 0 Å². The van der Waals surface area contributed by atoms with E-state index in [-0.39, 0.29) is 0 Å². The van der Waals surface area contributed by atoms with Crippen LogP contribution in [0, 0.1) is 12.8 Å². The lowest BCUT2D eigenvalue weighted by Gasteiger charge is -2.08. The number of aromatic nitrogens is 1. The SMILES string of the molecule is Cc1ccc([C@H]2C[C@H](C)CN2)nc1. The molecule has 0 saturated carbocycles. The molecule has 0 bridgehead atoms. The summed E-state index contributed by atoms with van der Waals surface area (Å²) in [6.45, 7) is 5.48. The van der Waals surface area contributed by atoms with E-state index < -0.39 is 0 Å². The Morgan fingerprint density at radius 1 is 1.46 bits per heavy atom. The molecule has 1 saturated heterocycles. The van der Waals surface area contributed by atoms with Crippen molar-refractivity contribution in [3.63, 3.8) is 0 Å². The summed E-state index contributed by atoms with van der Waals surface area (Å²) in [6.07, 6.45) is 3.16. The highest BCUT2D eigenvalue weighted by atomic mass is 15.0. The molecule has 1 aliphatic heterocycles. The van der Waals surface area contributed by atoms with Crippen molar-refractivity contribution in [3.05, 3.63) is 29.6 Å². The molecule has 13 heavy (non-hydrogen) atoms. The summed E-state index contributed by atoms with van der Waals surface area (Å²) >= 11 is 0. The van der Waals surface area contributed by atoms with Gasteiger partial charge in [0.1, 0.15) is 0 Å². The van der Waals surface area contributed by atoms with E-state index in [1.54, 1.807) is 0 Å². The number of rotatable bonds is 1. The zero-order valence-electron chi connectivity index (χ0n) is 8.25. The standard InChI is InChI=1S/C11H16N2/c1-8-3-4-10(12-6-8)11-5-9(2)7-13-11/h3-4,6,9,11,13H,5,7H2,1-2H3/t9-,11+/m0/s1. The minimum atomic E-state index is 0.482. The van der Waals surface area contributed by atoms with Crippen LogP contribution in [0.5, 0.6) is 0 Å². The molecule has 0 amide bonds. The fourth-order valence-electron chi connectivity index (χ4n) is 1.82. The van der Waals surface area contributed by atoms with E-state index in [1.165, 1.54) is 17.7 Å². The van der Waals surface area contributed by atoms with Crippen LogP contribution < -0.4 is 5.32 Å². The van der Waals surface area contributed by atoms with Crippen LogP contribution >= 0.6 is 0 Å². The average molecular weight is 176 g/mol. The van der Waals surface area contributed by atoms with Gasteiger partial charge in [0.15, 0.2) is 0 Å². The van der Waals surface area contributed by atoms with Crippen molar-refractivity contribution < 1.29 is 0 Å². The van der Waals surface area contributed by atoms with Crippen LogP contribution in [0.25, 0.3) is 0 Å². The van der Waals surface area contributed by atoms with Crippen LogP contribution in [0.3, 0.4) is 0 Å². The highest BCUT2D eigenvalue weighted by molar-refractivity contribution is 5.16. The lowest BCUT2D eigenvalue weighted by Crippen LogP contribution is -2.14. The van der Waals surface area contributed by atoms with Gasteiger partial charge in [-0.25, -0.2) is 0 Å². The third-order valence-electron chi connectivity index (χ3n) is 2.64. The number of pyridine rings is 1. The van der Waals surface area contributed by atoms with Gasteiger partial charge in [-0.1, -0.05) is 13.0 Å². The highest BCUT2D eigenvalue weighted by Crippen LogP contribution is 2.24. The molecule has 0 spiro atoms. The van der Waals surface area contributed by atoms with Crippen molar-refractivity contribution in [2.45, 2.75) is 26.3 Å².